The summed E-state index contributed by atoms with van der Waals surface area (Å²) in [6, 6.07) is 1.81. The molecule has 0 fully saturated rings. The molecule has 0 saturated carbocycles. The maximum absolute atomic E-state index is 13.2. The van der Waals surface area contributed by atoms with Crippen LogP contribution in [-0.2, 0) is 14.8 Å². The van der Waals surface area contributed by atoms with Crippen LogP contribution in [0.3, 0.4) is 0 Å². The van der Waals surface area contributed by atoms with E-state index in [1.165, 1.54) is 0 Å². The first-order chi connectivity index (χ1) is 8.24. The van der Waals surface area contributed by atoms with Gasteiger partial charge >= 0.3 is 5.97 Å². The zero-order valence-electron chi connectivity index (χ0n) is 8.80. The number of hydrogen-bond acceptors (Lipinski definition) is 4. The lowest BCUT2D eigenvalue weighted by Crippen LogP contribution is -2.36. The van der Waals surface area contributed by atoms with E-state index in [2.05, 4.69) is 0 Å². The Morgan fingerprint density at radius 2 is 2.00 bits per heavy atom. The number of nitrogens with one attached hydrogen (secondary N) is 1. The SMILES string of the molecule is O=C(O)C(O)CNS(=O)(=O)c1ccc(F)cc1F. The number of sulfonamides is 1. The molecule has 0 aliphatic heterocycles. The number of benzene rings is 1. The first-order valence-electron chi connectivity index (χ1n) is 4.59. The Morgan fingerprint density at radius 1 is 1.39 bits per heavy atom. The van der Waals surface area contributed by atoms with Gasteiger partial charge < -0.3 is 10.2 Å². The van der Waals surface area contributed by atoms with Crippen LogP contribution in [0.4, 0.5) is 8.78 Å². The van der Waals surface area contributed by atoms with Crippen LogP contribution in [0, 0.1) is 11.6 Å². The van der Waals surface area contributed by atoms with Crippen molar-refractivity contribution in [3.8, 4) is 0 Å². The van der Waals surface area contributed by atoms with E-state index in [1.807, 2.05) is 0 Å². The molecule has 0 spiro atoms. The second kappa shape index (κ2) is 5.38. The summed E-state index contributed by atoms with van der Waals surface area (Å²) in [7, 11) is -4.35. The zero-order valence-corrected chi connectivity index (χ0v) is 9.62. The van der Waals surface area contributed by atoms with Crippen LogP contribution in [0.5, 0.6) is 0 Å². The third-order valence-corrected chi connectivity index (χ3v) is 3.39. The fraction of sp³-hybridized carbons (Fsp3) is 0.222. The average Bonchev–Trinajstić information content (AvgIpc) is 2.25. The van der Waals surface area contributed by atoms with Crippen molar-refractivity contribution >= 4 is 16.0 Å². The number of hydrogen-bond donors (Lipinski definition) is 3. The summed E-state index contributed by atoms with van der Waals surface area (Å²) < 4.78 is 50.5. The van der Waals surface area contributed by atoms with E-state index in [4.69, 9.17) is 10.2 Å². The lowest BCUT2D eigenvalue weighted by molar-refractivity contribution is -0.146. The van der Waals surface area contributed by atoms with E-state index < -0.39 is 45.2 Å². The number of carboxylic acid groups (broad SMARTS) is 1. The highest BCUT2D eigenvalue weighted by molar-refractivity contribution is 7.89. The summed E-state index contributed by atoms with van der Waals surface area (Å²) >= 11 is 0. The van der Waals surface area contributed by atoms with Crippen molar-refractivity contribution < 1.29 is 32.2 Å². The molecular formula is C9H9F2NO5S. The summed E-state index contributed by atoms with van der Waals surface area (Å²) in [5.41, 5.74) is 0. The number of carboxylic acids is 1. The van der Waals surface area contributed by atoms with Crippen LogP contribution in [0.25, 0.3) is 0 Å². The van der Waals surface area contributed by atoms with Gasteiger partial charge in [-0.15, -0.1) is 0 Å². The van der Waals surface area contributed by atoms with E-state index in [-0.39, 0.29) is 0 Å². The van der Waals surface area contributed by atoms with Gasteiger partial charge in [-0.2, -0.15) is 0 Å². The van der Waals surface area contributed by atoms with Gasteiger partial charge in [0.05, 0.1) is 0 Å². The zero-order chi connectivity index (χ0) is 13.9. The van der Waals surface area contributed by atoms with Gasteiger partial charge in [0.1, 0.15) is 16.5 Å². The Balaban J connectivity index is 2.90. The number of aliphatic carboxylic acids is 1. The number of rotatable bonds is 5. The van der Waals surface area contributed by atoms with Crippen molar-refractivity contribution in [1.29, 1.82) is 0 Å². The molecule has 0 saturated heterocycles. The predicted octanol–water partition coefficient (Wildman–Crippen LogP) is -0.311. The third kappa shape index (κ3) is 3.45. The molecule has 18 heavy (non-hydrogen) atoms. The fourth-order valence-electron chi connectivity index (χ4n) is 1.05. The van der Waals surface area contributed by atoms with E-state index in [0.29, 0.717) is 12.1 Å². The van der Waals surface area contributed by atoms with Gasteiger partial charge in [0, 0.05) is 12.6 Å². The molecule has 100 valence electrons. The molecule has 9 heteroatoms. The molecule has 0 aromatic heterocycles. The van der Waals surface area contributed by atoms with Gasteiger partial charge in [-0.25, -0.2) is 26.7 Å². The molecular weight excluding hydrogens is 272 g/mol. The maximum atomic E-state index is 13.2. The van der Waals surface area contributed by atoms with Crippen LogP contribution in [0.15, 0.2) is 23.1 Å². The summed E-state index contributed by atoms with van der Waals surface area (Å²) in [5, 5.41) is 17.2. The van der Waals surface area contributed by atoms with Gasteiger partial charge in [0.15, 0.2) is 6.10 Å². The number of carbonyl (C=O) groups is 1. The topological polar surface area (TPSA) is 104 Å². The minimum Gasteiger partial charge on any atom is -0.479 e. The fourth-order valence-corrected chi connectivity index (χ4v) is 2.14. The molecule has 3 N–H and O–H groups in total. The smallest absolute Gasteiger partial charge is 0.333 e. The van der Waals surface area contributed by atoms with Crippen LogP contribution in [0.1, 0.15) is 0 Å². The number of aliphatic hydroxyl groups excluding tert-OH is 1. The molecule has 1 atom stereocenters. The normalized spacial score (nSPS) is 13.3. The van der Waals surface area contributed by atoms with Crippen LogP contribution >= 0.6 is 0 Å². The summed E-state index contributed by atoms with van der Waals surface area (Å²) in [6.45, 7) is -0.825. The monoisotopic (exact) mass is 281 g/mol. The van der Waals surface area contributed by atoms with E-state index in [0.717, 1.165) is 6.07 Å². The molecule has 0 amide bonds. The van der Waals surface area contributed by atoms with Crippen molar-refractivity contribution in [3.63, 3.8) is 0 Å². The van der Waals surface area contributed by atoms with Crippen molar-refractivity contribution in [2.24, 2.45) is 0 Å². The summed E-state index contributed by atoms with van der Waals surface area (Å²) in [6.07, 6.45) is -1.96. The molecule has 0 aliphatic carbocycles. The van der Waals surface area contributed by atoms with Gasteiger partial charge in [0.25, 0.3) is 0 Å². The molecule has 1 aromatic rings. The van der Waals surface area contributed by atoms with E-state index in [9.17, 15) is 22.0 Å². The maximum Gasteiger partial charge on any atom is 0.333 e. The molecule has 0 bridgehead atoms. The van der Waals surface area contributed by atoms with E-state index in [1.54, 1.807) is 4.72 Å². The first kappa shape index (κ1) is 14.5. The predicted molar refractivity (Wildman–Crippen MR) is 55.2 cm³/mol. The van der Waals surface area contributed by atoms with Gasteiger partial charge in [-0.3, -0.25) is 0 Å². The first-order valence-corrected chi connectivity index (χ1v) is 6.08. The van der Waals surface area contributed by atoms with Crippen LogP contribution < -0.4 is 4.72 Å². The Labute approximate surface area is 101 Å². The van der Waals surface area contributed by atoms with Crippen LogP contribution in [-0.4, -0.2) is 37.2 Å². The van der Waals surface area contributed by atoms with Crippen LogP contribution in [0.2, 0.25) is 0 Å². The van der Waals surface area contributed by atoms with Crippen molar-refractivity contribution in [3.05, 3.63) is 29.8 Å². The van der Waals surface area contributed by atoms with Gasteiger partial charge in [-0.05, 0) is 12.1 Å². The average molecular weight is 281 g/mol. The Morgan fingerprint density at radius 3 is 2.50 bits per heavy atom. The lowest BCUT2D eigenvalue weighted by atomic mass is 10.3. The Kier molecular flexibility index (Phi) is 4.33. The second-order valence-electron chi connectivity index (χ2n) is 3.28. The largest absolute Gasteiger partial charge is 0.479 e. The molecule has 1 aromatic carbocycles. The highest BCUT2D eigenvalue weighted by Gasteiger charge is 2.22. The quantitative estimate of drug-likeness (QED) is 0.686. The Hall–Kier alpha value is -1.58. The number of aliphatic hydroxyl groups is 1. The lowest BCUT2D eigenvalue weighted by Gasteiger charge is -2.09. The summed E-state index contributed by atoms with van der Waals surface area (Å²) in [4.78, 5) is 9.42. The summed E-state index contributed by atoms with van der Waals surface area (Å²) in [5.74, 6) is -3.89. The molecule has 1 rings (SSSR count). The minimum absolute atomic E-state index is 0.377. The van der Waals surface area contributed by atoms with E-state index >= 15 is 0 Å². The molecule has 0 aliphatic rings. The molecule has 6 nitrogen and oxygen atoms in total. The second-order valence-corrected chi connectivity index (χ2v) is 5.02. The van der Waals surface area contributed by atoms with Crippen molar-refractivity contribution in [2.45, 2.75) is 11.0 Å². The number of halogens is 2. The standard InChI is InChI=1S/C9H9F2NO5S/c10-5-1-2-8(6(11)3-5)18(16,17)12-4-7(13)9(14)15/h1-3,7,12-13H,4H2,(H,14,15). The van der Waals surface area contributed by atoms with Gasteiger partial charge in [-0.1, -0.05) is 0 Å². The molecule has 1 unspecified atom stereocenters. The third-order valence-electron chi connectivity index (χ3n) is 1.94. The molecule has 0 radical (unpaired) electrons. The highest BCUT2D eigenvalue weighted by atomic mass is 32.2. The van der Waals surface area contributed by atoms with Crippen molar-refractivity contribution in [2.75, 3.05) is 6.54 Å². The highest BCUT2D eigenvalue weighted by Crippen LogP contribution is 2.15. The minimum atomic E-state index is -4.35. The van der Waals surface area contributed by atoms with Gasteiger partial charge in [0.2, 0.25) is 10.0 Å². The molecule has 0 heterocycles. The van der Waals surface area contributed by atoms with Crippen molar-refractivity contribution in [1.82, 2.24) is 4.72 Å². The Bertz CT molecular complexity index is 560.